The molecule has 0 fully saturated rings. The zero-order chi connectivity index (χ0) is 18.0. The van der Waals surface area contributed by atoms with Crippen LogP contribution in [-0.2, 0) is 6.54 Å². The lowest BCUT2D eigenvalue weighted by Crippen LogP contribution is -3.10. The van der Waals surface area contributed by atoms with Gasteiger partial charge in [0.05, 0.1) is 24.2 Å². The number of phenols is 1. The highest BCUT2D eigenvalue weighted by molar-refractivity contribution is 6.30. The first-order valence-electron chi connectivity index (χ1n) is 8.41. The molecule has 0 saturated carbocycles. The van der Waals surface area contributed by atoms with Crippen LogP contribution in [0, 0.1) is 0 Å². The van der Waals surface area contributed by atoms with Gasteiger partial charge in [-0.1, -0.05) is 23.7 Å². The van der Waals surface area contributed by atoms with Crippen LogP contribution in [0.5, 0.6) is 11.5 Å². The van der Waals surface area contributed by atoms with Gasteiger partial charge >= 0.3 is 0 Å². The van der Waals surface area contributed by atoms with Gasteiger partial charge in [0.15, 0.2) is 11.5 Å². The van der Waals surface area contributed by atoms with Gasteiger partial charge in [-0.15, -0.1) is 0 Å². The van der Waals surface area contributed by atoms with Crippen molar-refractivity contribution in [3.05, 3.63) is 63.9 Å². The first-order valence-corrected chi connectivity index (χ1v) is 8.79. The first-order chi connectivity index (χ1) is 12.0. The Bertz CT molecular complexity index is 824. The fourth-order valence-electron chi connectivity index (χ4n) is 2.93. The molecule has 2 aromatic rings. The Labute approximate surface area is 152 Å². The van der Waals surface area contributed by atoms with E-state index in [4.69, 9.17) is 16.3 Å². The summed E-state index contributed by atoms with van der Waals surface area (Å²) >= 11 is 5.90. The maximum atomic E-state index is 12.6. The molecule has 0 aliphatic carbocycles. The van der Waals surface area contributed by atoms with Crippen molar-refractivity contribution >= 4 is 23.5 Å². The summed E-state index contributed by atoms with van der Waals surface area (Å²) < 4.78 is 5.86. The largest absolute Gasteiger partial charge is 0.507 e. The standard InChI is InChI=1S/C20H20ClNO3/c1-3-22(4-2)12-16-17(23)10-9-15-19(24)18(25-20(15)16)11-13-5-7-14(21)8-6-13/h5-11,23H,3-4,12H2,1-2H3/p+1. The number of halogens is 1. The third-order valence-corrected chi connectivity index (χ3v) is 4.76. The topological polar surface area (TPSA) is 51.0 Å². The van der Waals surface area contributed by atoms with Crippen LogP contribution in [0.1, 0.15) is 35.3 Å². The molecule has 5 heteroatoms. The second kappa shape index (κ2) is 7.30. The summed E-state index contributed by atoms with van der Waals surface area (Å²) in [6, 6.07) is 10.4. The third-order valence-electron chi connectivity index (χ3n) is 4.51. The lowest BCUT2D eigenvalue weighted by Gasteiger charge is -2.17. The Morgan fingerprint density at radius 3 is 2.44 bits per heavy atom. The van der Waals surface area contributed by atoms with Crippen LogP contribution in [0.4, 0.5) is 0 Å². The van der Waals surface area contributed by atoms with E-state index in [1.165, 1.54) is 4.90 Å². The first kappa shape index (κ1) is 17.5. The predicted molar refractivity (Wildman–Crippen MR) is 98.2 cm³/mol. The van der Waals surface area contributed by atoms with Gasteiger partial charge in [-0.05, 0) is 49.8 Å². The van der Waals surface area contributed by atoms with Crippen molar-refractivity contribution in [3.63, 3.8) is 0 Å². The molecule has 130 valence electrons. The van der Waals surface area contributed by atoms with E-state index in [0.717, 1.165) is 18.7 Å². The minimum absolute atomic E-state index is 0.165. The number of hydrogen-bond donors (Lipinski definition) is 2. The second-order valence-corrected chi connectivity index (χ2v) is 6.50. The average molecular weight is 359 g/mol. The minimum Gasteiger partial charge on any atom is -0.507 e. The van der Waals surface area contributed by atoms with E-state index in [0.29, 0.717) is 28.4 Å². The lowest BCUT2D eigenvalue weighted by molar-refractivity contribution is -0.910. The number of Topliss-reactive ketones (excluding diaryl/α,β-unsaturated/α-hetero) is 1. The van der Waals surface area contributed by atoms with Crippen molar-refractivity contribution in [1.29, 1.82) is 0 Å². The Hall–Kier alpha value is -2.30. The van der Waals surface area contributed by atoms with E-state index >= 15 is 0 Å². The summed E-state index contributed by atoms with van der Waals surface area (Å²) in [5.74, 6) is 0.739. The maximum absolute atomic E-state index is 12.6. The maximum Gasteiger partial charge on any atom is 0.231 e. The molecule has 0 radical (unpaired) electrons. The molecule has 1 heterocycles. The van der Waals surface area contributed by atoms with Gasteiger partial charge in [-0.2, -0.15) is 0 Å². The zero-order valence-electron chi connectivity index (χ0n) is 14.3. The number of carbonyl (C=O) groups excluding carboxylic acids is 1. The molecule has 0 spiro atoms. The van der Waals surface area contributed by atoms with Crippen molar-refractivity contribution in [1.82, 2.24) is 0 Å². The molecule has 0 atom stereocenters. The zero-order valence-corrected chi connectivity index (χ0v) is 15.1. The average Bonchev–Trinajstić information content (AvgIpc) is 2.92. The SMILES string of the molecule is CC[NH+](CC)Cc1c(O)ccc2c1OC(=Cc1ccc(Cl)cc1)C2=O. The summed E-state index contributed by atoms with van der Waals surface area (Å²) in [7, 11) is 0. The van der Waals surface area contributed by atoms with Crippen molar-refractivity contribution in [2.24, 2.45) is 0 Å². The lowest BCUT2D eigenvalue weighted by atomic mass is 10.0. The fraction of sp³-hybridized carbons (Fsp3) is 0.250. The highest BCUT2D eigenvalue weighted by atomic mass is 35.5. The van der Waals surface area contributed by atoms with Gasteiger partial charge in [0.2, 0.25) is 5.78 Å². The molecular weight excluding hydrogens is 338 g/mol. The number of rotatable bonds is 5. The quantitative estimate of drug-likeness (QED) is 0.807. The van der Waals surface area contributed by atoms with Crippen molar-refractivity contribution < 1.29 is 19.5 Å². The summed E-state index contributed by atoms with van der Waals surface area (Å²) in [5, 5.41) is 10.9. The fourth-order valence-corrected chi connectivity index (χ4v) is 3.05. The molecule has 1 aliphatic rings. The monoisotopic (exact) mass is 358 g/mol. The van der Waals surface area contributed by atoms with Crippen LogP contribution in [0.15, 0.2) is 42.2 Å². The number of nitrogens with one attached hydrogen (secondary N) is 1. The van der Waals surface area contributed by atoms with Gasteiger partial charge < -0.3 is 14.7 Å². The third kappa shape index (κ3) is 3.55. The molecule has 0 saturated heterocycles. The van der Waals surface area contributed by atoms with E-state index in [-0.39, 0.29) is 17.3 Å². The summed E-state index contributed by atoms with van der Waals surface area (Å²) in [5.41, 5.74) is 2.02. The van der Waals surface area contributed by atoms with Gasteiger partial charge in [-0.3, -0.25) is 4.79 Å². The Morgan fingerprint density at radius 2 is 1.80 bits per heavy atom. The molecule has 0 unspecified atom stereocenters. The Kier molecular flexibility index (Phi) is 5.11. The van der Waals surface area contributed by atoms with Crippen molar-refractivity contribution in [2.75, 3.05) is 13.1 Å². The molecule has 25 heavy (non-hydrogen) atoms. The number of phenolic OH excluding ortho intramolecular Hbond substituents is 1. The van der Waals surface area contributed by atoms with Crippen LogP contribution >= 0.6 is 11.6 Å². The second-order valence-electron chi connectivity index (χ2n) is 6.07. The molecule has 2 N–H and O–H groups in total. The van der Waals surface area contributed by atoms with Crippen LogP contribution in [0.25, 0.3) is 6.08 Å². The van der Waals surface area contributed by atoms with Crippen molar-refractivity contribution in [3.8, 4) is 11.5 Å². The number of hydrogen-bond acceptors (Lipinski definition) is 3. The number of aromatic hydroxyl groups is 1. The molecule has 4 nitrogen and oxygen atoms in total. The van der Waals surface area contributed by atoms with E-state index < -0.39 is 0 Å². The van der Waals surface area contributed by atoms with Crippen LogP contribution in [0.2, 0.25) is 5.02 Å². The summed E-state index contributed by atoms with van der Waals surface area (Å²) in [4.78, 5) is 13.9. The molecule has 0 aromatic heterocycles. The number of allylic oxidation sites excluding steroid dienone is 1. The smallest absolute Gasteiger partial charge is 0.231 e. The summed E-state index contributed by atoms with van der Waals surface area (Å²) in [6.07, 6.45) is 1.70. The number of benzene rings is 2. The number of ether oxygens (including phenoxy) is 1. The number of quaternary nitrogens is 1. The van der Waals surface area contributed by atoms with E-state index in [9.17, 15) is 9.90 Å². The molecule has 2 aromatic carbocycles. The van der Waals surface area contributed by atoms with E-state index in [1.807, 2.05) is 12.1 Å². The Balaban J connectivity index is 1.96. The van der Waals surface area contributed by atoms with E-state index in [2.05, 4.69) is 13.8 Å². The minimum atomic E-state index is -0.166. The van der Waals surface area contributed by atoms with Gasteiger partial charge in [-0.25, -0.2) is 0 Å². The summed E-state index contributed by atoms with van der Waals surface area (Å²) in [6.45, 7) is 6.67. The Morgan fingerprint density at radius 1 is 1.12 bits per heavy atom. The number of ketones is 1. The molecular formula is C20H21ClNO3+. The van der Waals surface area contributed by atoms with Crippen LogP contribution in [-0.4, -0.2) is 24.0 Å². The van der Waals surface area contributed by atoms with Crippen LogP contribution < -0.4 is 9.64 Å². The van der Waals surface area contributed by atoms with E-state index in [1.54, 1.807) is 30.3 Å². The van der Waals surface area contributed by atoms with Gasteiger partial charge in [0, 0.05) is 5.02 Å². The molecule has 0 bridgehead atoms. The van der Waals surface area contributed by atoms with Gasteiger partial charge in [0.25, 0.3) is 0 Å². The predicted octanol–water partition coefficient (Wildman–Crippen LogP) is 3.09. The van der Waals surface area contributed by atoms with Crippen molar-refractivity contribution in [2.45, 2.75) is 20.4 Å². The molecule has 0 amide bonds. The highest BCUT2D eigenvalue weighted by Gasteiger charge is 2.32. The number of carbonyl (C=O) groups is 1. The number of fused-ring (bicyclic) bond motifs is 1. The molecule has 1 aliphatic heterocycles. The van der Waals surface area contributed by atoms with Crippen LogP contribution in [0.3, 0.4) is 0 Å². The normalized spacial score (nSPS) is 14.9. The van der Waals surface area contributed by atoms with Gasteiger partial charge in [0.1, 0.15) is 12.3 Å². The highest BCUT2D eigenvalue weighted by Crippen LogP contribution is 2.39. The molecule has 3 rings (SSSR count).